The number of hydrogen-bond acceptors (Lipinski definition) is 4. The predicted octanol–water partition coefficient (Wildman–Crippen LogP) is 3.87. The maximum atomic E-state index is 14.9. The minimum absolute atomic E-state index is 0.0487. The first-order chi connectivity index (χ1) is 12.3. The quantitative estimate of drug-likeness (QED) is 0.794. The second-order valence-electron chi connectivity index (χ2n) is 7.55. The molecule has 2 aliphatic heterocycles. The van der Waals surface area contributed by atoms with Crippen LogP contribution in [0.1, 0.15) is 51.2 Å². The molecule has 1 aromatic rings. The van der Waals surface area contributed by atoms with Crippen LogP contribution < -0.4 is 0 Å². The third kappa shape index (κ3) is 3.51. The van der Waals surface area contributed by atoms with Gasteiger partial charge in [-0.05, 0) is 45.6 Å². The lowest BCUT2D eigenvalue weighted by molar-refractivity contribution is 0.0347. The molecule has 2 heterocycles. The van der Waals surface area contributed by atoms with Crippen molar-refractivity contribution in [2.75, 3.05) is 13.1 Å². The van der Waals surface area contributed by atoms with Crippen LogP contribution in [-0.4, -0.2) is 50.9 Å². The lowest BCUT2D eigenvalue weighted by atomic mass is 9.99. The summed E-state index contributed by atoms with van der Waals surface area (Å²) in [5, 5.41) is 30.1. The topological polar surface area (TPSA) is 88.7 Å². The van der Waals surface area contributed by atoms with Gasteiger partial charge in [0.2, 0.25) is 0 Å². The highest BCUT2D eigenvalue weighted by molar-refractivity contribution is 5.67. The molecule has 2 N–H and O–H groups in total. The first-order valence-corrected chi connectivity index (χ1v) is 8.96. The monoisotopic (exact) mass is 364 g/mol. The molecule has 7 nitrogen and oxygen atoms in total. The zero-order valence-corrected chi connectivity index (χ0v) is 15.1. The van der Waals surface area contributed by atoms with Crippen molar-refractivity contribution in [3.05, 3.63) is 29.6 Å². The van der Waals surface area contributed by atoms with E-state index in [2.05, 4.69) is 10.3 Å². The van der Waals surface area contributed by atoms with Crippen LogP contribution in [0.4, 0.5) is 14.9 Å². The molecule has 0 spiro atoms. The van der Waals surface area contributed by atoms with Gasteiger partial charge in [-0.1, -0.05) is 17.4 Å². The van der Waals surface area contributed by atoms with Gasteiger partial charge in [-0.3, -0.25) is 9.91 Å². The average Bonchev–Trinajstić information content (AvgIpc) is 3.20. The van der Waals surface area contributed by atoms with Gasteiger partial charge in [-0.15, -0.1) is 5.11 Å². The average molecular weight is 364 g/mol. The van der Waals surface area contributed by atoms with Crippen molar-refractivity contribution >= 4 is 11.8 Å². The van der Waals surface area contributed by atoms with Crippen LogP contribution in [0.15, 0.2) is 28.5 Å². The van der Waals surface area contributed by atoms with Crippen molar-refractivity contribution in [3.63, 3.8) is 0 Å². The molecule has 0 aliphatic carbocycles. The molecule has 2 fully saturated rings. The molecule has 2 saturated heterocycles. The van der Waals surface area contributed by atoms with Crippen molar-refractivity contribution in [1.82, 2.24) is 9.91 Å². The van der Waals surface area contributed by atoms with Gasteiger partial charge in [0.05, 0.1) is 6.04 Å². The largest absolute Gasteiger partial charge is 0.465 e. The standard InChI is InChI=1S/C18H25FN4O3/c1-18(2)9-8-14(23(18)17(25)26)16(24)12-6-5-7-13(15(12)19)20-21-22-10-3-4-11-22/h5-7,14,16,24H,3-4,8-11H2,1-2H3,(H,25,26)/t14-,16-/m1/s1. The van der Waals surface area contributed by atoms with Crippen LogP contribution in [-0.2, 0) is 0 Å². The second kappa shape index (κ2) is 7.19. The number of likely N-dealkylation sites (tertiary alicyclic amines) is 1. The molecule has 26 heavy (non-hydrogen) atoms. The van der Waals surface area contributed by atoms with E-state index in [-0.39, 0.29) is 11.3 Å². The van der Waals surface area contributed by atoms with E-state index in [9.17, 15) is 19.4 Å². The predicted molar refractivity (Wildman–Crippen MR) is 93.6 cm³/mol. The number of carbonyl (C=O) groups is 1. The van der Waals surface area contributed by atoms with Gasteiger partial charge in [0.25, 0.3) is 0 Å². The molecule has 8 heteroatoms. The van der Waals surface area contributed by atoms with E-state index in [1.165, 1.54) is 17.0 Å². The minimum Gasteiger partial charge on any atom is -0.465 e. The number of halogens is 1. The van der Waals surface area contributed by atoms with Gasteiger partial charge < -0.3 is 10.2 Å². The zero-order chi connectivity index (χ0) is 18.9. The van der Waals surface area contributed by atoms with Crippen LogP contribution in [0.2, 0.25) is 0 Å². The number of hydrogen-bond donors (Lipinski definition) is 2. The highest BCUT2D eigenvalue weighted by atomic mass is 19.1. The molecular weight excluding hydrogens is 339 g/mol. The van der Waals surface area contributed by atoms with Crippen molar-refractivity contribution < 1.29 is 19.4 Å². The summed E-state index contributed by atoms with van der Waals surface area (Å²) in [5.74, 6) is -0.655. The Morgan fingerprint density at radius 3 is 2.69 bits per heavy atom. The normalized spacial score (nSPS) is 23.8. The molecular formula is C18H25FN4O3. The molecule has 0 bridgehead atoms. The Morgan fingerprint density at radius 1 is 1.35 bits per heavy atom. The number of rotatable bonds is 4. The summed E-state index contributed by atoms with van der Waals surface area (Å²) in [7, 11) is 0. The first kappa shape index (κ1) is 18.6. The highest BCUT2D eigenvalue weighted by Crippen LogP contribution is 2.40. The van der Waals surface area contributed by atoms with E-state index in [1.54, 1.807) is 11.1 Å². The van der Waals surface area contributed by atoms with E-state index in [4.69, 9.17) is 0 Å². The summed E-state index contributed by atoms with van der Waals surface area (Å²) in [5.41, 5.74) is -0.495. The minimum atomic E-state index is -1.25. The molecule has 1 amide bonds. The van der Waals surface area contributed by atoms with Crippen molar-refractivity contribution in [2.24, 2.45) is 10.3 Å². The lowest BCUT2D eigenvalue weighted by Gasteiger charge is -2.35. The summed E-state index contributed by atoms with van der Waals surface area (Å²) >= 11 is 0. The number of nitrogens with zero attached hydrogens (tertiary/aromatic N) is 4. The van der Waals surface area contributed by atoms with Crippen molar-refractivity contribution in [1.29, 1.82) is 0 Å². The fraction of sp³-hybridized carbons (Fsp3) is 0.611. The fourth-order valence-electron chi connectivity index (χ4n) is 3.85. The maximum Gasteiger partial charge on any atom is 0.408 e. The van der Waals surface area contributed by atoms with Gasteiger partial charge in [0, 0.05) is 24.2 Å². The summed E-state index contributed by atoms with van der Waals surface area (Å²) in [4.78, 5) is 12.9. The molecule has 0 aromatic heterocycles. The van der Waals surface area contributed by atoms with Crippen LogP contribution >= 0.6 is 0 Å². The third-order valence-electron chi connectivity index (χ3n) is 5.29. The fourth-order valence-corrected chi connectivity index (χ4v) is 3.85. The Kier molecular flexibility index (Phi) is 5.13. The van der Waals surface area contributed by atoms with E-state index >= 15 is 0 Å². The zero-order valence-electron chi connectivity index (χ0n) is 15.1. The smallest absolute Gasteiger partial charge is 0.408 e. The Labute approximate surface area is 152 Å². The molecule has 3 rings (SSSR count). The molecule has 0 saturated carbocycles. The Bertz CT molecular complexity index is 704. The van der Waals surface area contributed by atoms with Gasteiger partial charge in [-0.2, -0.15) is 0 Å². The Hall–Kier alpha value is -2.22. The van der Waals surface area contributed by atoms with Gasteiger partial charge in [-0.25, -0.2) is 9.18 Å². The number of benzene rings is 1. The maximum absolute atomic E-state index is 14.9. The first-order valence-electron chi connectivity index (χ1n) is 8.96. The molecule has 142 valence electrons. The van der Waals surface area contributed by atoms with Gasteiger partial charge in [0.15, 0.2) is 5.82 Å². The van der Waals surface area contributed by atoms with Crippen LogP contribution in [0.3, 0.4) is 0 Å². The lowest BCUT2D eigenvalue weighted by Crippen LogP contribution is -2.48. The van der Waals surface area contributed by atoms with Gasteiger partial charge in [0.1, 0.15) is 11.8 Å². The summed E-state index contributed by atoms with van der Waals surface area (Å²) < 4.78 is 14.9. The van der Waals surface area contributed by atoms with E-state index in [0.29, 0.717) is 12.8 Å². The number of amides is 1. The third-order valence-corrected chi connectivity index (χ3v) is 5.29. The Balaban J connectivity index is 1.84. The van der Waals surface area contributed by atoms with E-state index in [1.807, 2.05) is 13.8 Å². The summed E-state index contributed by atoms with van der Waals surface area (Å²) in [6.07, 6.45) is 0.804. The number of aliphatic hydroxyl groups is 1. The Morgan fingerprint density at radius 2 is 2.04 bits per heavy atom. The number of aliphatic hydroxyl groups excluding tert-OH is 1. The van der Waals surface area contributed by atoms with Crippen LogP contribution in [0.5, 0.6) is 0 Å². The second-order valence-corrected chi connectivity index (χ2v) is 7.55. The molecule has 0 radical (unpaired) electrons. The van der Waals surface area contributed by atoms with E-state index < -0.39 is 29.6 Å². The van der Waals surface area contributed by atoms with Crippen molar-refractivity contribution in [2.45, 2.75) is 57.2 Å². The molecule has 0 unspecified atom stereocenters. The SMILES string of the molecule is CC1(C)CC[C@H]([C@H](O)c2cccc(N=NN3CCCC3)c2F)N1C(=O)O. The van der Waals surface area contributed by atoms with E-state index in [0.717, 1.165) is 25.9 Å². The summed E-state index contributed by atoms with van der Waals surface area (Å²) in [6.45, 7) is 5.23. The summed E-state index contributed by atoms with van der Waals surface area (Å²) in [6, 6.07) is 3.88. The highest BCUT2D eigenvalue weighted by Gasteiger charge is 2.46. The van der Waals surface area contributed by atoms with Gasteiger partial charge >= 0.3 is 6.09 Å². The molecule has 2 atom stereocenters. The van der Waals surface area contributed by atoms with Crippen LogP contribution in [0.25, 0.3) is 0 Å². The number of carboxylic acid groups (broad SMARTS) is 1. The van der Waals surface area contributed by atoms with Crippen LogP contribution in [0, 0.1) is 5.82 Å². The molecule has 1 aromatic carbocycles. The molecule has 2 aliphatic rings. The van der Waals surface area contributed by atoms with Crippen molar-refractivity contribution in [3.8, 4) is 0 Å².